The third kappa shape index (κ3) is 3.56. The van der Waals surface area contributed by atoms with Gasteiger partial charge in [-0.3, -0.25) is 4.90 Å². The lowest BCUT2D eigenvalue weighted by Gasteiger charge is -2.34. The normalized spacial score (nSPS) is 18.3. The van der Waals surface area contributed by atoms with Gasteiger partial charge < -0.3 is 5.32 Å². The van der Waals surface area contributed by atoms with Gasteiger partial charge in [-0.05, 0) is 29.7 Å². The SMILES string of the molecule is O=S(=O)(c1ccc(F)cc1F)N1CCN(Cc2cccc3c2NCC3)CC1. The zero-order chi connectivity index (χ0) is 19.0. The van der Waals surface area contributed by atoms with Crippen molar-refractivity contribution in [2.24, 2.45) is 0 Å². The van der Waals surface area contributed by atoms with E-state index < -0.39 is 26.6 Å². The highest BCUT2D eigenvalue weighted by atomic mass is 32.2. The van der Waals surface area contributed by atoms with Gasteiger partial charge in [0.2, 0.25) is 10.0 Å². The van der Waals surface area contributed by atoms with Crippen molar-refractivity contribution in [3.8, 4) is 0 Å². The average molecular weight is 393 g/mol. The molecule has 0 spiro atoms. The first kappa shape index (κ1) is 18.3. The number of nitrogens with zero attached hydrogens (tertiary/aromatic N) is 2. The predicted octanol–water partition coefficient (Wildman–Crippen LogP) is 2.44. The van der Waals surface area contributed by atoms with Crippen LogP contribution in [0.15, 0.2) is 41.3 Å². The van der Waals surface area contributed by atoms with Crippen LogP contribution in [0.4, 0.5) is 14.5 Å². The largest absolute Gasteiger partial charge is 0.384 e. The molecule has 0 radical (unpaired) electrons. The maximum absolute atomic E-state index is 13.9. The van der Waals surface area contributed by atoms with Gasteiger partial charge in [0.15, 0.2) is 0 Å². The maximum atomic E-state index is 13.9. The fraction of sp³-hybridized carbons (Fsp3) is 0.368. The zero-order valence-corrected chi connectivity index (χ0v) is 15.6. The van der Waals surface area contributed by atoms with E-state index in [1.54, 1.807) is 0 Å². The molecule has 4 rings (SSSR count). The van der Waals surface area contributed by atoms with Crippen LogP contribution < -0.4 is 5.32 Å². The first-order chi connectivity index (χ1) is 12.9. The van der Waals surface area contributed by atoms with E-state index in [-0.39, 0.29) is 13.1 Å². The quantitative estimate of drug-likeness (QED) is 0.867. The smallest absolute Gasteiger partial charge is 0.246 e. The average Bonchev–Trinajstić information content (AvgIpc) is 3.12. The van der Waals surface area contributed by atoms with Crippen molar-refractivity contribution in [1.82, 2.24) is 9.21 Å². The molecular formula is C19H21F2N3O2S. The first-order valence-corrected chi connectivity index (χ1v) is 10.4. The summed E-state index contributed by atoms with van der Waals surface area (Å²) >= 11 is 0. The van der Waals surface area contributed by atoms with Gasteiger partial charge in [0.25, 0.3) is 0 Å². The Bertz CT molecular complexity index is 957. The molecule has 2 heterocycles. The maximum Gasteiger partial charge on any atom is 0.246 e. The fourth-order valence-electron chi connectivity index (χ4n) is 3.74. The summed E-state index contributed by atoms with van der Waals surface area (Å²) in [7, 11) is -3.96. The Kier molecular flexibility index (Phi) is 4.88. The topological polar surface area (TPSA) is 52.7 Å². The molecule has 0 amide bonds. The van der Waals surface area contributed by atoms with Gasteiger partial charge in [0.1, 0.15) is 16.5 Å². The molecule has 2 aromatic carbocycles. The number of hydrogen-bond acceptors (Lipinski definition) is 4. The Morgan fingerprint density at radius 2 is 1.81 bits per heavy atom. The van der Waals surface area contributed by atoms with E-state index in [1.807, 2.05) is 0 Å². The Morgan fingerprint density at radius 3 is 2.56 bits per heavy atom. The minimum Gasteiger partial charge on any atom is -0.384 e. The van der Waals surface area contributed by atoms with Crippen LogP contribution in [0, 0.1) is 11.6 Å². The van der Waals surface area contributed by atoms with Crippen molar-refractivity contribution in [3.05, 3.63) is 59.2 Å². The monoisotopic (exact) mass is 393 g/mol. The van der Waals surface area contributed by atoms with Gasteiger partial charge >= 0.3 is 0 Å². The summed E-state index contributed by atoms with van der Waals surface area (Å²) in [6.07, 6.45) is 1.03. The van der Waals surface area contributed by atoms with Crippen molar-refractivity contribution in [3.63, 3.8) is 0 Å². The van der Waals surface area contributed by atoms with Gasteiger partial charge in [0, 0.05) is 51.0 Å². The van der Waals surface area contributed by atoms with E-state index in [4.69, 9.17) is 0 Å². The summed E-state index contributed by atoms with van der Waals surface area (Å²) in [6, 6.07) is 8.83. The number of anilines is 1. The molecule has 0 bridgehead atoms. The number of fused-ring (bicyclic) bond motifs is 1. The van der Waals surface area contributed by atoms with E-state index in [9.17, 15) is 17.2 Å². The second-order valence-electron chi connectivity index (χ2n) is 6.88. The van der Waals surface area contributed by atoms with Gasteiger partial charge in [-0.25, -0.2) is 17.2 Å². The highest BCUT2D eigenvalue weighted by molar-refractivity contribution is 7.89. The molecule has 0 aromatic heterocycles. The van der Waals surface area contributed by atoms with Crippen molar-refractivity contribution in [2.75, 3.05) is 38.0 Å². The van der Waals surface area contributed by atoms with Crippen LogP contribution in [-0.2, 0) is 23.0 Å². The molecule has 144 valence electrons. The minimum absolute atomic E-state index is 0.279. The standard InChI is InChI=1S/C19H21F2N3O2S/c20-16-4-5-18(17(21)12-16)27(25,26)24-10-8-23(9-11-24)13-15-3-1-2-14-6-7-22-19(14)15/h1-5,12,22H,6-11,13H2. The third-order valence-electron chi connectivity index (χ3n) is 5.17. The molecule has 2 aromatic rings. The molecular weight excluding hydrogens is 372 g/mol. The molecule has 5 nitrogen and oxygen atoms in total. The molecule has 1 N–H and O–H groups in total. The van der Waals surface area contributed by atoms with E-state index in [0.29, 0.717) is 19.2 Å². The number of sulfonamides is 1. The van der Waals surface area contributed by atoms with E-state index in [1.165, 1.54) is 21.1 Å². The third-order valence-corrected chi connectivity index (χ3v) is 7.10. The minimum atomic E-state index is -3.96. The molecule has 8 heteroatoms. The number of hydrogen-bond donors (Lipinski definition) is 1. The highest BCUT2D eigenvalue weighted by Crippen LogP contribution is 2.28. The second-order valence-corrected chi connectivity index (χ2v) is 8.79. The summed E-state index contributed by atoms with van der Waals surface area (Å²) in [5.74, 6) is -1.84. The van der Waals surface area contributed by atoms with Crippen LogP contribution in [0.2, 0.25) is 0 Å². The van der Waals surface area contributed by atoms with E-state index in [2.05, 4.69) is 28.4 Å². The summed E-state index contributed by atoms with van der Waals surface area (Å²) in [4.78, 5) is 1.73. The zero-order valence-electron chi connectivity index (χ0n) is 14.8. The molecule has 0 unspecified atom stereocenters. The van der Waals surface area contributed by atoms with Gasteiger partial charge in [-0.1, -0.05) is 18.2 Å². The van der Waals surface area contributed by atoms with Crippen LogP contribution in [0.3, 0.4) is 0 Å². The highest BCUT2D eigenvalue weighted by Gasteiger charge is 2.31. The number of benzene rings is 2. The number of halogens is 2. The Hall–Kier alpha value is -2.03. The summed E-state index contributed by atoms with van der Waals surface area (Å²) in [5, 5.41) is 3.42. The summed E-state index contributed by atoms with van der Waals surface area (Å²) in [5.41, 5.74) is 3.73. The number of nitrogens with one attached hydrogen (secondary N) is 1. The van der Waals surface area contributed by atoms with Gasteiger partial charge in [0.05, 0.1) is 0 Å². The van der Waals surface area contributed by atoms with Crippen LogP contribution in [0.5, 0.6) is 0 Å². The first-order valence-electron chi connectivity index (χ1n) is 8.97. The number of piperazine rings is 1. The molecule has 0 aliphatic carbocycles. The molecule has 0 saturated carbocycles. The van der Waals surface area contributed by atoms with Crippen LogP contribution in [0.25, 0.3) is 0 Å². The van der Waals surface area contributed by atoms with Crippen molar-refractivity contribution in [2.45, 2.75) is 17.9 Å². The lowest BCUT2D eigenvalue weighted by Crippen LogP contribution is -2.48. The lowest BCUT2D eigenvalue weighted by molar-refractivity contribution is 0.181. The Morgan fingerprint density at radius 1 is 1.04 bits per heavy atom. The number of para-hydroxylation sites is 1. The Labute approximate surface area is 157 Å². The molecule has 1 fully saturated rings. The lowest BCUT2D eigenvalue weighted by atomic mass is 10.1. The number of rotatable bonds is 4. The van der Waals surface area contributed by atoms with E-state index in [0.717, 1.165) is 31.6 Å². The molecule has 2 aliphatic rings. The molecule has 0 atom stereocenters. The van der Waals surface area contributed by atoms with Crippen molar-refractivity contribution >= 4 is 15.7 Å². The molecule has 2 aliphatic heterocycles. The van der Waals surface area contributed by atoms with Crippen molar-refractivity contribution in [1.29, 1.82) is 0 Å². The van der Waals surface area contributed by atoms with Gasteiger partial charge in [-0.2, -0.15) is 4.31 Å². The van der Waals surface area contributed by atoms with Crippen LogP contribution >= 0.6 is 0 Å². The Balaban J connectivity index is 1.44. The van der Waals surface area contributed by atoms with E-state index >= 15 is 0 Å². The molecule has 27 heavy (non-hydrogen) atoms. The summed E-state index contributed by atoms with van der Waals surface area (Å²) < 4.78 is 53.6. The summed E-state index contributed by atoms with van der Waals surface area (Å²) in [6.45, 7) is 3.37. The van der Waals surface area contributed by atoms with Crippen LogP contribution in [0.1, 0.15) is 11.1 Å². The molecule has 1 saturated heterocycles. The second kappa shape index (κ2) is 7.18. The van der Waals surface area contributed by atoms with Crippen LogP contribution in [-0.4, -0.2) is 50.3 Å². The fourth-order valence-corrected chi connectivity index (χ4v) is 5.20. The van der Waals surface area contributed by atoms with Crippen molar-refractivity contribution < 1.29 is 17.2 Å². The predicted molar refractivity (Wildman–Crippen MR) is 99.0 cm³/mol. The van der Waals surface area contributed by atoms with Gasteiger partial charge in [-0.15, -0.1) is 0 Å².